The number of ether oxygens (including phenoxy) is 2. The van der Waals surface area contributed by atoms with Gasteiger partial charge in [-0.15, -0.1) is 0 Å². The fourth-order valence-corrected chi connectivity index (χ4v) is 4.12. The van der Waals surface area contributed by atoms with Crippen molar-refractivity contribution in [1.29, 1.82) is 0 Å². The van der Waals surface area contributed by atoms with Gasteiger partial charge in [0.1, 0.15) is 5.69 Å². The van der Waals surface area contributed by atoms with Crippen LogP contribution in [0.2, 0.25) is 0 Å². The van der Waals surface area contributed by atoms with Gasteiger partial charge in [0.2, 0.25) is 0 Å². The summed E-state index contributed by atoms with van der Waals surface area (Å²) in [6.07, 6.45) is 1.11. The number of para-hydroxylation sites is 2. The Labute approximate surface area is 189 Å². The van der Waals surface area contributed by atoms with E-state index in [4.69, 9.17) is 14.0 Å². The van der Waals surface area contributed by atoms with E-state index in [1.165, 1.54) is 5.69 Å². The van der Waals surface area contributed by atoms with E-state index in [1.807, 2.05) is 24.3 Å². The van der Waals surface area contributed by atoms with E-state index in [0.717, 1.165) is 62.7 Å². The SMILES string of the molecule is COc1cccc(-c2cc(CNCCCN3CCN(c4ccccc4)CC3)on2)c1OC. The molecule has 0 atom stereocenters. The van der Waals surface area contributed by atoms with Gasteiger partial charge in [-0.3, -0.25) is 4.90 Å². The molecular formula is C25H32N4O3. The zero-order valence-corrected chi connectivity index (χ0v) is 18.9. The van der Waals surface area contributed by atoms with Crippen LogP contribution in [0.15, 0.2) is 59.1 Å². The first-order chi connectivity index (χ1) is 15.8. The summed E-state index contributed by atoms with van der Waals surface area (Å²) in [4.78, 5) is 5.01. The minimum atomic E-state index is 0.654. The second-order valence-corrected chi connectivity index (χ2v) is 7.91. The number of hydrogen-bond acceptors (Lipinski definition) is 7. The largest absolute Gasteiger partial charge is 0.493 e. The van der Waals surface area contributed by atoms with Crippen LogP contribution in [0.1, 0.15) is 12.2 Å². The monoisotopic (exact) mass is 436 g/mol. The van der Waals surface area contributed by atoms with Gasteiger partial charge >= 0.3 is 0 Å². The summed E-state index contributed by atoms with van der Waals surface area (Å²) in [5.74, 6) is 2.15. The third kappa shape index (κ3) is 5.41. The Hall–Kier alpha value is -3.03. The Balaban J connectivity index is 1.18. The summed E-state index contributed by atoms with van der Waals surface area (Å²) in [7, 11) is 3.26. The van der Waals surface area contributed by atoms with Gasteiger partial charge < -0.3 is 24.2 Å². The molecular weight excluding hydrogens is 404 g/mol. The Morgan fingerprint density at radius 2 is 1.78 bits per heavy atom. The zero-order chi connectivity index (χ0) is 22.2. The van der Waals surface area contributed by atoms with Gasteiger partial charge in [0.05, 0.1) is 20.8 Å². The van der Waals surface area contributed by atoms with Gasteiger partial charge in [0, 0.05) is 43.5 Å². The van der Waals surface area contributed by atoms with E-state index >= 15 is 0 Å². The highest BCUT2D eigenvalue weighted by Crippen LogP contribution is 2.37. The third-order valence-corrected chi connectivity index (χ3v) is 5.86. The third-order valence-electron chi connectivity index (χ3n) is 5.86. The Bertz CT molecular complexity index is 968. The minimum Gasteiger partial charge on any atom is -0.493 e. The summed E-state index contributed by atoms with van der Waals surface area (Å²) in [5, 5.41) is 7.68. The standard InChI is InChI=1S/C25H32N4O3/c1-30-24-11-6-10-22(25(24)31-2)23-18-21(32-27-23)19-26-12-7-13-28-14-16-29(17-15-28)20-8-4-3-5-9-20/h3-6,8-11,18,26H,7,12-17,19H2,1-2H3. The average molecular weight is 437 g/mol. The first-order valence-corrected chi connectivity index (χ1v) is 11.2. The van der Waals surface area contributed by atoms with Crippen molar-refractivity contribution in [2.24, 2.45) is 0 Å². The molecule has 7 heteroatoms. The van der Waals surface area contributed by atoms with E-state index in [2.05, 4.69) is 50.6 Å². The molecule has 0 amide bonds. The Morgan fingerprint density at radius 3 is 2.53 bits per heavy atom. The van der Waals surface area contributed by atoms with Gasteiger partial charge in [-0.05, 0) is 43.8 Å². The van der Waals surface area contributed by atoms with Crippen LogP contribution in [0.5, 0.6) is 11.5 Å². The van der Waals surface area contributed by atoms with Crippen LogP contribution in [0.3, 0.4) is 0 Å². The molecule has 3 aromatic rings. The second-order valence-electron chi connectivity index (χ2n) is 7.91. The van der Waals surface area contributed by atoms with E-state index in [-0.39, 0.29) is 0 Å². The molecule has 1 saturated heterocycles. The van der Waals surface area contributed by atoms with Crippen molar-refractivity contribution >= 4 is 5.69 Å². The van der Waals surface area contributed by atoms with Crippen molar-refractivity contribution in [3.63, 3.8) is 0 Å². The van der Waals surface area contributed by atoms with E-state index in [9.17, 15) is 0 Å². The predicted molar refractivity (Wildman–Crippen MR) is 126 cm³/mol. The summed E-state index contributed by atoms with van der Waals surface area (Å²) in [6, 6.07) is 18.4. The van der Waals surface area contributed by atoms with Crippen LogP contribution < -0.4 is 19.7 Å². The fourth-order valence-electron chi connectivity index (χ4n) is 4.12. The quantitative estimate of drug-likeness (QED) is 0.487. The van der Waals surface area contributed by atoms with Gasteiger partial charge in [0.25, 0.3) is 0 Å². The topological polar surface area (TPSA) is 63.0 Å². The molecule has 1 aliphatic heterocycles. The molecule has 0 aliphatic carbocycles. The molecule has 0 unspecified atom stereocenters. The summed E-state index contributed by atoms with van der Waals surface area (Å²) in [5.41, 5.74) is 2.93. The molecule has 1 N–H and O–H groups in total. The molecule has 0 radical (unpaired) electrons. The number of aromatic nitrogens is 1. The maximum Gasteiger partial charge on any atom is 0.170 e. The molecule has 170 valence electrons. The Kier molecular flexibility index (Phi) is 7.64. The van der Waals surface area contributed by atoms with Gasteiger partial charge in [0.15, 0.2) is 17.3 Å². The maximum absolute atomic E-state index is 5.52. The number of rotatable bonds is 10. The highest BCUT2D eigenvalue weighted by Gasteiger charge is 2.17. The number of nitrogens with zero attached hydrogens (tertiary/aromatic N) is 3. The van der Waals surface area contributed by atoms with Crippen molar-refractivity contribution in [3.8, 4) is 22.8 Å². The fraction of sp³-hybridized carbons (Fsp3) is 0.400. The first kappa shape index (κ1) is 22.2. The predicted octanol–water partition coefficient (Wildman–Crippen LogP) is 3.66. The Morgan fingerprint density at radius 1 is 0.969 bits per heavy atom. The van der Waals surface area contributed by atoms with Gasteiger partial charge in [-0.1, -0.05) is 29.4 Å². The molecule has 0 spiro atoms. The number of anilines is 1. The van der Waals surface area contributed by atoms with Gasteiger partial charge in [-0.2, -0.15) is 0 Å². The molecule has 1 aliphatic rings. The van der Waals surface area contributed by atoms with Crippen LogP contribution in [-0.4, -0.2) is 63.5 Å². The lowest BCUT2D eigenvalue weighted by Gasteiger charge is -2.36. The first-order valence-electron chi connectivity index (χ1n) is 11.2. The highest BCUT2D eigenvalue weighted by molar-refractivity contribution is 5.71. The molecule has 2 heterocycles. The normalized spacial score (nSPS) is 14.5. The number of benzene rings is 2. The average Bonchev–Trinajstić information content (AvgIpc) is 3.33. The molecule has 2 aromatic carbocycles. The molecule has 0 saturated carbocycles. The molecule has 32 heavy (non-hydrogen) atoms. The molecule has 7 nitrogen and oxygen atoms in total. The number of methoxy groups -OCH3 is 2. The molecule has 1 aromatic heterocycles. The maximum atomic E-state index is 5.52. The van der Waals surface area contributed by atoms with Crippen molar-refractivity contribution in [3.05, 3.63) is 60.4 Å². The lowest BCUT2D eigenvalue weighted by Crippen LogP contribution is -2.46. The van der Waals surface area contributed by atoms with Crippen LogP contribution >= 0.6 is 0 Å². The summed E-state index contributed by atoms with van der Waals surface area (Å²) >= 11 is 0. The number of hydrogen-bond donors (Lipinski definition) is 1. The molecule has 1 fully saturated rings. The zero-order valence-electron chi connectivity index (χ0n) is 18.9. The van der Waals surface area contributed by atoms with E-state index in [1.54, 1.807) is 14.2 Å². The van der Waals surface area contributed by atoms with E-state index < -0.39 is 0 Å². The second kappa shape index (κ2) is 11.0. The van der Waals surface area contributed by atoms with Crippen LogP contribution in [0.25, 0.3) is 11.3 Å². The lowest BCUT2D eigenvalue weighted by molar-refractivity contribution is 0.253. The smallest absolute Gasteiger partial charge is 0.170 e. The van der Waals surface area contributed by atoms with Crippen molar-refractivity contribution in [2.45, 2.75) is 13.0 Å². The van der Waals surface area contributed by atoms with Crippen molar-refractivity contribution < 1.29 is 14.0 Å². The van der Waals surface area contributed by atoms with Crippen LogP contribution in [0.4, 0.5) is 5.69 Å². The summed E-state index contributed by atoms with van der Waals surface area (Å²) < 4.78 is 16.4. The highest BCUT2D eigenvalue weighted by atomic mass is 16.5. The van der Waals surface area contributed by atoms with Crippen molar-refractivity contribution in [2.75, 3.05) is 58.4 Å². The van der Waals surface area contributed by atoms with E-state index in [0.29, 0.717) is 18.0 Å². The molecule has 4 rings (SSSR count). The minimum absolute atomic E-state index is 0.654. The van der Waals surface area contributed by atoms with Crippen LogP contribution in [-0.2, 0) is 6.54 Å². The van der Waals surface area contributed by atoms with Crippen molar-refractivity contribution in [1.82, 2.24) is 15.4 Å². The molecule has 0 bridgehead atoms. The van der Waals surface area contributed by atoms with Crippen LogP contribution in [0, 0.1) is 0 Å². The van der Waals surface area contributed by atoms with Gasteiger partial charge in [-0.25, -0.2) is 0 Å². The number of nitrogens with one attached hydrogen (secondary N) is 1. The summed E-state index contributed by atoms with van der Waals surface area (Å²) in [6.45, 7) is 7.11. The number of piperazine rings is 1. The lowest BCUT2D eigenvalue weighted by atomic mass is 10.1.